The fourth-order valence-electron chi connectivity index (χ4n) is 2.00. The van der Waals surface area contributed by atoms with E-state index in [9.17, 15) is 0 Å². The molecule has 0 radical (unpaired) electrons. The monoisotopic (exact) mass is 291 g/mol. The molecule has 0 saturated carbocycles. The molecule has 1 aliphatic rings. The van der Waals surface area contributed by atoms with Crippen LogP contribution in [0.1, 0.15) is 0 Å². The summed E-state index contributed by atoms with van der Waals surface area (Å²) >= 11 is 0. The van der Waals surface area contributed by atoms with Gasteiger partial charge in [-0.05, 0) is 0 Å². The van der Waals surface area contributed by atoms with E-state index in [4.69, 9.17) is 10.6 Å². The van der Waals surface area contributed by atoms with Gasteiger partial charge < -0.3 is 15.0 Å². The summed E-state index contributed by atoms with van der Waals surface area (Å²) in [7, 11) is 1.84. The Morgan fingerprint density at radius 3 is 2.62 bits per heavy atom. The van der Waals surface area contributed by atoms with Gasteiger partial charge in [-0.1, -0.05) is 0 Å². The molecule has 0 atom stereocenters. The van der Waals surface area contributed by atoms with Crippen molar-refractivity contribution in [1.29, 1.82) is 0 Å². The number of hydrazine groups is 1. The van der Waals surface area contributed by atoms with E-state index in [1.165, 1.54) is 0 Å². The predicted octanol–water partition coefficient (Wildman–Crippen LogP) is -0.529. The Kier molecular flexibility index (Phi) is 3.79. The Balaban J connectivity index is 1.85. The van der Waals surface area contributed by atoms with Crippen LogP contribution in [0.3, 0.4) is 0 Å². The van der Waals surface area contributed by atoms with Gasteiger partial charge in [-0.25, -0.2) is 5.84 Å². The van der Waals surface area contributed by atoms with Crippen molar-refractivity contribution in [3.63, 3.8) is 0 Å². The summed E-state index contributed by atoms with van der Waals surface area (Å²) < 4.78 is 7.02. The van der Waals surface area contributed by atoms with Crippen LogP contribution in [0.4, 0.5) is 23.5 Å². The zero-order chi connectivity index (χ0) is 14.7. The molecule has 3 heterocycles. The van der Waals surface area contributed by atoms with Gasteiger partial charge in [0.1, 0.15) is 0 Å². The molecule has 0 bridgehead atoms. The molecule has 0 spiro atoms. The topological polar surface area (TPSA) is 119 Å². The lowest BCUT2D eigenvalue weighted by Gasteiger charge is -2.27. The standard InChI is InChI=1S/C11H17N9O/c1-19-7-8(6-13-19)14-9-15-10(18-12)17-11(16-9)20-2-4-21-5-3-20/h6-7H,2-5,12H2,1H3,(H2,14,15,16,17,18). The number of aryl methyl sites for hydroxylation is 1. The first-order valence-electron chi connectivity index (χ1n) is 6.55. The van der Waals surface area contributed by atoms with E-state index in [2.05, 4.69) is 30.8 Å². The lowest BCUT2D eigenvalue weighted by Crippen LogP contribution is -2.37. The van der Waals surface area contributed by atoms with Gasteiger partial charge >= 0.3 is 0 Å². The lowest BCUT2D eigenvalue weighted by atomic mass is 10.4. The molecular formula is C11H17N9O. The Labute approximate surface area is 121 Å². The maximum Gasteiger partial charge on any atom is 0.243 e. The minimum atomic E-state index is 0.304. The molecule has 1 aliphatic heterocycles. The van der Waals surface area contributed by atoms with Gasteiger partial charge in [-0.2, -0.15) is 20.1 Å². The molecule has 2 aromatic rings. The summed E-state index contributed by atoms with van der Waals surface area (Å²) in [5.41, 5.74) is 3.25. The summed E-state index contributed by atoms with van der Waals surface area (Å²) in [6.45, 7) is 2.78. The molecule has 21 heavy (non-hydrogen) atoms. The highest BCUT2D eigenvalue weighted by molar-refractivity contribution is 5.53. The summed E-state index contributed by atoms with van der Waals surface area (Å²) in [6.07, 6.45) is 3.52. The third-order valence-corrected chi connectivity index (χ3v) is 3.01. The quantitative estimate of drug-likeness (QED) is 0.504. The first-order valence-corrected chi connectivity index (χ1v) is 6.55. The fraction of sp³-hybridized carbons (Fsp3) is 0.455. The van der Waals surface area contributed by atoms with Crippen LogP contribution in [0.15, 0.2) is 12.4 Å². The van der Waals surface area contributed by atoms with Crippen molar-refractivity contribution in [2.45, 2.75) is 0 Å². The first-order chi connectivity index (χ1) is 10.2. The van der Waals surface area contributed by atoms with Crippen molar-refractivity contribution in [3.8, 4) is 0 Å². The van der Waals surface area contributed by atoms with Crippen molar-refractivity contribution in [3.05, 3.63) is 12.4 Å². The Morgan fingerprint density at radius 2 is 1.95 bits per heavy atom. The normalized spacial score (nSPS) is 15.0. The van der Waals surface area contributed by atoms with Crippen LogP contribution in [0.5, 0.6) is 0 Å². The number of hydrogen-bond donors (Lipinski definition) is 3. The number of hydrogen-bond acceptors (Lipinski definition) is 9. The van der Waals surface area contributed by atoms with Crippen molar-refractivity contribution in [2.24, 2.45) is 12.9 Å². The molecular weight excluding hydrogens is 274 g/mol. The Hall–Kier alpha value is -2.46. The van der Waals surface area contributed by atoms with E-state index in [1.54, 1.807) is 10.9 Å². The van der Waals surface area contributed by atoms with Crippen LogP contribution < -0.4 is 21.5 Å². The van der Waals surface area contributed by atoms with Crippen LogP contribution >= 0.6 is 0 Å². The third kappa shape index (κ3) is 3.17. The largest absolute Gasteiger partial charge is 0.378 e. The van der Waals surface area contributed by atoms with Crippen molar-refractivity contribution < 1.29 is 4.74 Å². The third-order valence-electron chi connectivity index (χ3n) is 3.01. The second-order valence-electron chi connectivity index (χ2n) is 4.55. The van der Waals surface area contributed by atoms with E-state index in [0.717, 1.165) is 18.8 Å². The van der Waals surface area contributed by atoms with Crippen molar-refractivity contribution in [2.75, 3.05) is 41.9 Å². The molecule has 3 rings (SSSR count). The molecule has 112 valence electrons. The second kappa shape index (κ2) is 5.89. The molecule has 0 unspecified atom stereocenters. The molecule has 4 N–H and O–H groups in total. The molecule has 2 aromatic heterocycles. The van der Waals surface area contributed by atoms with Crippen molar-refractivity contribution >= 4 is 23.5 Å². The number of nitrogens with two attached hydrogens (primary N) is 1. The number of nitrogen functional groups attached to an aromatic ring is 1. The maximum atomic E-state index is 5.42. The highest BCUT2D eigenvalue weighted by Crippen LogP contribution is 2.17. The zero-order valence-corrected chi connectivity index (χ0v) is 11.7. The highest BCUT2D eigenvalue weighted by atomic mass is 16.5. The second-order valence-corrected chi connectivity index (χ2v) is 4.55. The van der Waals surface area contributed by atoms with Crippen LogP contribution in [0.2, 0.25) is 0 Å². The smallest absolute Gasteiger partial charge is 0.243 e. The summed E-state index contributed by atoms with van der Waals surface area (Å²) in [4.78, 5) is 14.9. The van der Waals surface area contributed by atoms with Gasteiger partial charge in [0.2, 0.25) is 17.8 Å². The molecule has 1 saturated heterocycles. The first kappa shape index (κ1) is 13.5. The summed E-state index contributed by atoms with van der Waals surface area (Å²) in [5, 5.41) is 7.16. The average Bonchev–Trinajstić information content (AvgIpc) is 2.93. The SMILES string of the molecule is Cn1cc(Nc2nc(NN)nc(N3CCOCC3)n2)cn1. The Bertz CT molecular complexity index is 607. The summed E-state index contributed by atoms with van der Waals surface area (Å²) in [6, 6.07) is 0. The number of rotatable bonds is 4. The number of nitrogens with one attached hydrogen (secondary N) is 2. The van der Waals surface area contributed by atoms with Gasteiger partial charge in [0.15, 0.2) is 0 Å². The average molecular weight is 291 g/mol. The molecule has 1 fully saturated rings. The van der Waals surface area contributed by atoms with E-state index < -0.39 is 0 Å². The van der Waals surface area contributed by atoms with Crippen LogP contribution in [0, 0.1) is 0 Å². The number of morpholine rings is 1. The van der Waals surface area contributed by atoms with Gasteiger partial charge in [-0.3, -0.25) is 10.1 Å². The molecule has 10 nitrogen and oxygen atoms in total. The molecule has 10 heteroatoms. The van der Waals surface area contributed by atoms with Crippen LogP contribution in [-0.4, -0.2) is 51.0 Å². The molecule has 0 amide bonds. The number of ether oxygens (including phenoxy) is 1. The van der Waals surface area contributed by atoms with E-state index in [-0.39, 0.29) is 0 Å². The number of anilines is 4. The van der Waals surface area contributed by atoms with Crippen LogP contribution in [0.25, 0.3) is 0 Å². The highest BCUT2D eigenvalue weighted by Gasteiger charge is 2.16. The van der Waals surface area contributed by atoms with Gasteiger partial charge in [0, 0.05) is 26.3 Å². The van der Waals surface area contributed by atoms with E-state index in [0.29, 0.717) is 31.1 Å². The maximum absolute atomic E-state index is 5.42. The van der Waals surface area contributed by atoms with Gasteiger partial charge in [0.05, 0.1) is 25.1 Å². The van der Waals surface area contributed by atoms with E-state index >= 15 is 0 Å². The zero-order valence-electron chi connectivity index (χ0n) is 11.7. The Morgan fingerprint density at radius 1 is 1.19 bits per heavy atom. The van der Waals surface area contributed by atoms with Gasteiger partial charge in [0.25, 0.3) is 0 Å². The predicted molar refractivity (Wildman–Crippen MR) is 77.2 cm³/mol. The minimum absolute atomic E-state index is 0.304. The van der Waals surface area contributed by atoms with Crippen LogP contribution in [-0.2, 0) is 11.8 Å². The van der Waals surface area contributed by atoms with E-state index in [1.807, 2.05) is 18.1 Å². The van der Waals surface area contributed by atoms with Crippen molar-refractivity contribution in [1.82, 2.24) is 24.7 Å². The van der Waals surface area contributed by atoms with Gasteiger partial charge in [-0.15, -0.1) is 0 Å². The minimum Gasteiger partial charge on any atom is -0.378 e. The molecule has 0 aliphatic carbocycles. The fourth-order valence-corrected chi connectivity index (χ4v) is 2.00. The number of aromatic nitrogens is 5. The summed E-state index contributed by atoms with van der Waals surface area (Å²) in [5.74, 6) is 6.70. The lowest BCUT2D eigenvalue weighted by molar-refractivity contribution is 0.122. The number of nitrogens with zero attached hydrogens (tertiary/aromatic N) is 6. The molecule has 0 aromatic carbocycles.